The van der Waals surface area contributed by atoms with Crippen LogP contribution in [0.1, 0.15) is 27.2 Å². The Labute approximate surface area is 196 Å². The average molecular weight is 459 g/mol. The molecule has 0 radical (unpaired) electrons. The van der Waals surface area contributed by atoms with Gasteiger partial charge in [0, 0.05) is 39.3 Å². The highest BCUT2D eigenvalue weighted by atomic mass is 35.5. The number of benzene rings is 3. The number of carbonyl (C=O) groups is 2. The summed E-state index contributed by atoms with van der Waals surface area (Å²) < 4.78 is 2.24. The first-order valence-corrected chi connectivity index (χ1v) is 10.9. The van der Waals surface area contributed by atoms with Crippen LogP contribution in [-0.2, 0) is 11.3 Å². The molecule has 0 saturated heterocycles. The van der Waals surface area contributed by atoms with Crippen molar-refractivity contribution in [2.45, 2.75) is 13.5 Å². The van der Waals surface area contributed by atoms with Crippen molar-refractivity contribution in [3.8, 4) is 0 Å². The van der Waals surface area contributed by atoms with Crippen LogP contribution in [0, 0.1) is 6.92 Å². The van der Waals surface area contributed by atoms with Gasteiger partial charge in [-0.3, -0.25) is 9.59 Å². The lowest BCUT2D eigenvalue weighted by atomic mass is 10.1. The summed E-state index contributed by atoms with van der Waals surface area (Å²) in [6.45, 7) is 2.59. The Balaban J connectivity index is 1.43. The minimum Gasteiger partial charge on any atom is -0.343 e. The van der Waals surface area contributed by atoms with Crippen molar-refractivity contribution in [2.24, 2.45) is 5.10 Å². The maximum absolute atomic E-state index is 12.2. The molecule has 0 unspecified atom stereocenters. The van der Waals surface area contributed by atoms with E-state index in [2.05, 4.69) is 38.6 Å². The Morgan fingerprint density at radius 3 is 2.42 bits per heavy atom. The SMILES string of the molecule is Cc1c(/C=N/NC(=O)CNC(=O)c2ccc(Cl)cc2)c2ccccc2n1Cc1ccccc1. The van der Waals surface area contributed by atoms with E-state index in [0.29, 0.717) is 10.6 Å². The van der Waals surface area contributed by atoms with Gasteiger partial charge >= 0.3 is 0 Å². The van der Waals surface area contributed by atoms with Crippen LogP contribution >= 0.6 is 11.6 Å². The molecule has 33 heavy (non-hydrogen) atoms. The summed E-state index contributed by atoms with van der Waals surface area (Å²) >= 11 is 5.83. The van der Waals surface area contributed by atoms with E-state index in [0.717, 1.165) is 28.7 Å². The second-order valence-corrected chi connectivity index (χ2v) is 8.01. The van der Waals surface area contributed by atoms with Crippen molar-refractivity contribution in [1.82, 2.24) is 15.3 Å². The normalized spacial score (nSPS) is 11.1. The monoisotopic (exact) mass is 458 g/mol. The van der Waals surface area contributed by atoms with E-state index in [1.807, 2.05) is 43.3 Å². The van der Waals surface area contributed by atoms with Crippen molar-refractivity contribution in [2.75, 3.05) is 6.54 Å². The van der Waals surface area contributed by atoms with Crippen LogP contribution in [0.5, 0.6) is 0 Å². The third-order valence-electron chi connectivity index (χ3n) is 5.36. The zero-order chi connectivity index (χ0) is 23.2. The number of halogens is 1. The molecular weight excluding hydrogens is 436 g/mol. The van der Waals surface area contributed by atoms with Crippen LogP contribution in [0.4, 0.5) is 0 Å². The summed E-state index contributed by atoms with van der Waals surface area (Å²) in [6, 6.07) is 24.8. The number of amides is 2. The lowest BCUT2D eigenvalue weighted by Gasteiger charge is -2.08. The molecule has 166 valence electrons. The lowest BCUT2D eigenvalue weighted by Crippen LogP contribution is -2.34. The number of hydrazone groups is 1. The number of nitrogens with one attached hydrogen (secondary N) is 2. The molecule has 1 heterocycles. The van der Waals surface area contributed by atoms with Gasteiger partial charge in [-0.05, 0) is 42.8 Å². The van der Waals surface area contributed by atoms with Crippen molar-refractivity contribution >= 4 is 40.5 Å². The van der Waals surface area contributed by atoms with Gasteiger partial charge < -0.3 is 9.88 Å². The van der Waals surface area contributed by atoms with Crippen molar-refractivity contribution in [1.29, 1.82) is 0 Å². The van der Waals surface area contributed by atoms with Gasteiger partial charge in [0.25, 0.3) is 11.8 Å². The van der Waals surface area contributed by atoms with Crippen LogP contribution in [0.25, 0.3) is 10.9 Å². The van der Waals surface area contributed by atoms with Gasteiger partial charge in [-0.15, -0.1) is 0 Å². The molecule has 0 aliphatic rings. The van der Waals surface area contributed by atoms with Crippen LogP contribution in [0.2, 0.25) is 5.02 Å². The Hall–Kier alpha value is -3.90. The van der Waals surface area contributed by atoms with E-state index in [-0.39, 0.29) is 12.5 Å². The molecule has 0 aliphatic carbocycles. The van der Waals surface area contributed by atoms with Crippen molar-refractivity contribution < 1.29 is 9.59 Å². The fourth-order valence-corrected chi connectivity index (χ4v) is 3.79. The van der Waals surface area contributed by atoms with Crippen LogP contribution in [-0.4, -0.2) is 29.1 Å². The number of aromatic nitrogens is 1. The third-order valence-corrected chi connectivity index (χ3v) is 5.61. The fourth-order valence-electron chi connectivity index (χ4n) is 3.66. The number of nitrogens with zero attached hydrogens (tertiary/aromatic N) is 2. The molecule has 6 nitrogen and oxygen atoms in total. The molecule has 0 fully saturated rings. The van der Waals surface area contributed by atoms with E-state index in [9.17, 15) is 9.59 Å². The average Bonchev–Trinajstić information content (AvgIpc) is 3.10. The second kappa shape index (κ2) is 10.1. The smallest absolute Gasteiger partial charge is 0.259 e. The van der Waals surface area contributed by atoms with Crippen LogP contribution in [0.3, 0.4) is 0 Å². The topological polar surface area (TPSA) is 75.5 Å². The minimum absolute atomic E-state index is 0.187. The van der Waals surface area contributed by atoms with E-state index >= 15 is 0 Å². The summed E-state index contributed by atoms with van der Waals surface area (Å²) in [5.74, 6) is -0.773. The van der Waals surface area contributed by atoms with Crippen molar-refractivity contribution in [3.05, 3.63) is 106 Å². The van der Waals surface area contributed by atoms with E-state index in [1.165, 1.54) is 5.56 Å². The van der Waals surface area contributed by atoms with E-state index in [4.69, 9.17) is 11.6 Å². The van der Waals surface area contributed by atoms with Gasteiger partial charge in [-0.25, -0.2) is 5.43 Å². The zero-order valence-corrected chi connectivity index (χ0v) is 18.8. The highest BCUT2D eigenvalue weighted by Gasteiger charge is 2.13. The molecule has 3 aromatic carbocycles. The number of carbonyl (C=O) groups excluding carboxylic acids is 2. The lowest BCUT2D eigenvalue weighted by molar-refractivity contribution is -0.120. The highest BCUT2D eigenvalue weighted by molar-refractivity contribution is 6.30. The summed E-state index contributed by atoms with van der Waals surface area (Å²) in [5.41, 5.74) is 7.20. The number of para-hydroxylation sites is 1. The second-order valence-electron chi connectivity index (χ2n) is 7.57. The molecule has 4 aromatic rings. The molecule has 0 bridgehead atoms. The molecule has 2 amide bonds. The number of hydrogen-bond acceptors (Lipinski definition) is 3. The number of rotatable bonds is 7. The zero-order valence-electron chi connectivity index (χ0n) is 18.1. The van der Waals surface area contributed by atoms with Gasteiger partial charge in [-0.2, -0.15) is 5.10 Å². The molecule has 0 atom stereocenters. The molecule has 2 N–H and O–H groups in total. The molecule has 1 aromatic heterocycles. The molecule has 0 saturated carbocycles. The van der Waals surface area contributed by atoms with Gasteiger partial charge in [0.2, 0.25) is 0 Å². The third kappa shape index (κ3) is 5.30. The maximum atomic E-state index is 12.2. The minimum atomic E-state index is -0.417. The predicted molar refractivity (Wildman–Crippen MR) is 132 cm³/mol. The first-order valence-electron chi connectivity index (χ1n) is 10.5. The van der Waals surface area contributed by atoms with Gasteiger partial charge in [-0.1, -0.05) is 60.1 Å². The molecule has 0 aliphatic heterocycles. The largest absolute Gasteiger partial charge is 0.343 e. The van der Waals surface area contributed by atoms with Crippen LogP contribution in [0.15, 0.2) is 84.0 Å². The Morgan fingerprint density at radius 1 is 0.970 bits per heavy atom. The maximum Gasteiger partial charge on any atom is 0.259 e. The fraction of sp³-hybridized carbons (Fsp3) is 0.115. The summed E-state index contributed by atoms with van der Waals surface area (Å²) in [7, 11) is 0. The number of fused-ring (bicyclic) bond motifs is 1. The first-order chi connectivity index (χ1) is 16.0. The van der Waals surface area contributed by atoms with E-state index < -0.39 is 5.91 Å². The molecule has 7 heteroatoms. The first kappa shape index (κ1) is 22.3. The molecule has 4 rings (SSSR count). The summed E-state index contributed by atoms with van der Waals surface area (Å²) in [5, 5.41) is 8.29. The molecule has 0 spiro atoms. The van der Waals surface area contributed by atoms with Crippen LogP contribution < -0.4 is 10.7 Å². The summed E-state index contributed by atoms with van der Waals surface area (Å²) in [6.07, 6.45) is 1.65. The Bertz CT molecular complexity index is 1310. The highest BCUT2D eigenvalue weighted by Crippen LogP contribution is 2.25. The van der Waals surface area contributed by atoms with Gasteiger partial charge in [0.15, 0.2) is 0 Å². The van der Waals surface area contributed by atoms with Crippen molar-refractivity contribution in [3.63, 3.8) is 0 Å². The Kier molecular flexibility index (Phi) is 6.86. The molecular formula is C26H23ClN4O2. The Morgan fingerprint density at radius 2 is 1.67 bits per heavy atom. The standard InChI is InChI=1S/C26H23ClN4O2/c1-18-23(15-29-30-25(32)16-28-26(33)20-11-13-21(27)14-12-20)22-9-5-6-10-24(22)31(18)17-19-7-3-2-4-8-19/h2-15H,16-17H2,1H3,(H,28,33)(H,30,32)/b29-15+. The van der Waals surface area contributed by atoms with E-state index in [1.54, 1.807) is 30.5 Å². The van der Waals surface area contributed by atoms with Gasteiger partial charge in [0.1, 0.15) is 0 Å². The van der Waals surface area contributed by atoms with Gasteiger partial charge in [0.05, 0.1) is 12.8 Å². The quantitative estimate of drug-likeness (QED) is 0.315. The predicted octanol–water partition coefficient (Wildman–Crippen LogP) is 4.53. The number of hydrogen-bond donors (Lipinski definition) is 2. The summed E-state index contributed by atoms with van der Waals surface area (Å²) in [4.78, 5) is 24.3.